The van der Waals surface area contributed by atoms with Crippen LogP contribution >= 0.6 is 0 Å². The third-order valence-corrected chi connectivity index (χ3v) is 10.7. The molecule has 0 unspecified atom stereocenters. The summed E-state index contributed by atoms with van der Waals surface area (Å²) in [5.41, 5.74) is 4.74. The zero-order chi connectivity index (χ0) is 29.4. The van der Waals surface area contributed by atoms with E-state index < -0.39 is 16.1 Å². The van der Waals surface area contributed by atoms with Gasteiger partial charge in [0.1, 0.15) is 0 Å². The van der Waals surface area contributed by atoms with E-state index in [1.165, 1.54) is 36.2 Å². The molecule has 2 aromatic carbocycles. The van der Waals surface area contributed by atoms with E-state index in [0.29, 0.717) is 36.8 Å². The Kier molecular flexibility index (Phi) is 8.22. The fraction of sp³-hybridized carbons (Fsp3) is 0.531. The predicted octanol–water partition coefficient (Wildman–Crippen LogP) is 5.01. The molecule has 1 fully saturated rings. The monoisotopic (exact) mass is 594 g/mol. The van der Waals surface area contributed by atoms with Crippen molar-refractivity contribution in [2.75, 3.05) is 47.4 Å². The maximum Gasteiger partial charge on any atom is 0.303 e. The van der Waals surface area contributed by atoms with Crippen LogP contribution in [0, 0.1) is 5.92 Å². The summed E-state index contributed by atoms with van der Waals surface area (Å²) >= 11 is 0. The van der Waals surface area contributed by atoms with Crippen LogP contribution in [0.15, 0.2) is 36.4 Å². The van der Waals surface area contributed by atoms with E-state index in [-0.39, 0.29) is 5.92 Å². The van der Waals surface area contributed by atoms with E-state index >= 15 is 0 Å². The number of carbonyl (C=O) groups excluding carboxylic acids is 1. The molecule has 3 heterocycles. The van der Waals surface area contributed by atoms with Gasteiger partial charge in [0, 0.05) is 48.1 Å². The number of amides is 1. The number of methoxy groups -OCH3 is 1. The highest BCUT2D eigenvalue weighted by atomic mass is 32.2. The Labute approximate surface area is 248 Å². The Bertz CT molecular complexity index is 1580. The summed E-state index contributed by atoms with van der Waals surface area (Å²) in [6.07, 6.45) is 7.46. The van der Waals surface area contributed by atoms with Gasteiger partial charge in [-0.1, -0.05) is 31.4 Å². The number of fused-ring (bicyclic) bond motifs is 4. The first-order chi connectivity index (χ1) is 20.3. The van der Waals surface area contributed by atoms with Crippen molar-refractivity contribution in [2.45, 2.75) is 57.4 Å². The van der Waals surface area contributed by atoms with E-state index in [1.807, 2.05) is 24.3 Å². The molecule has 3 aliphatic rings. The molecule has 1 N–H and O–H groups in total. The number of ether oxygens (including phenoxy) is 2. The molecule has 10 heteroatoms. The number of nitrogens with one attached hydrogen (secondary N) is 1. The van der Waals surface area contributed by atoms with Gasteiger partial charge in [-0.15, -0.1) is 0 Å². The summed E-state index contributed by atoms with van der Waals surface area (Å²) in [5, 5.41) is 1.13. The van der Waals surface area contributed by atoms with Crippen LogP contribution in [-0.2, 0) is 16.8 Å². The molecular formula is C32H42N4O5S. The molecule has 0 radical (unpaired) electrons. The molecule has 0 saturated heterocycles. The molecule has 226 valence electrons. The molecule has 6 rings (SSSR count). The lowest BCUT2D eigenvalue weighted by atomic mass is 9.81. The highest BCUT2D eigenvalue weighted by Gasteiger charge is 2.32. The second kappa shape index (κ2) is 11.9. The number of benzene rings is 2. The van der Waals surface area contributed by atoms with Crippen molar-refractivity contribution < 1.29 is 22.7 Å². The van der Waals surface area contributed by atoms with Crippen molar-refractivity contribution in [2.24, 2.45) is 5.92 Å². The Hall–Kier alpha value is -3.08. The van der Waals surface area contributed by atoms with Gasteiger partial charge in [0.25, 0.3) is 5.91 Å². The van der Waals surface area contributed by atoms with Crippen molar-refractivity contribution in [1.82, 2.24) is 18.5 Å². The number of hydrogen-bond donors (Lipinski definition) is 1. The summed E-state index contributed by atoms with van der Waals surface area (Å²) in [6.45, 7) is 3.25. The fourth-order valence-electron chi connectivity index (χ4n) is 6.95. The smallest absolute Gasteiger partial charge is 0.303 e. The maximum absolute atomic E-state index is 13.4. The van der Waals surface area contributed by atoms with E-state index in [2.05, 4.69) is 27.3 Å². The predicted molar refractivity (Wildman–Crippen MR) is 164 cm³/mol. The second-order valence-electron chi connectivity index (χ2n) is 12.2. The van der Waals surface area contributed by atoms with Gasteiger partial charge in [0.2, 0.25) is 0 Å². The molecule has 1 aliphatic carbocycles. The van der Waals surface area contributed by atoms with Crippen LogP contribution in [0.3, 0.4) is 0 Å². The molecule has 1 aromatic heterocycles. The molecule has 1 atom stereocenters. The summed E-state index contributed by atoms with van der Waals surface area (Å²) < 4.78 is 44.3. The largest absolute Gasteiger partial charge is 0.493 e. The highest BCUT2D eigenvalue weighted by Crippen LogP contribution is 2.49. The van der Waals surface area contributed by atoms with E-state index in [4.69, 9.17) is 9.47 Å². The van der Waals surface area contributed by atoms with Crippen molar-refractivity contribution in [3.8, 4) is 22.8 Å². The fourth-order valence-corrected chi connectivity index (χ4v) is 7.83. The van der Waals surface area contributed by atoms with Crippen molar-refractivity contribution in [1.29, 1.82) is 0 Å². The third kappa shape index (κ3) is 5.52. The molecule has 1 saturated carbocycles. The summed E-state index contributed by atoms with van der Waals surface area (Å²) in [5.74, 6) is 1.49. The summed E-state index contributed by atoms with van der Waals surface area (Å²) in [4.78, 5) is 15.6. The van der Waals surface area contributed by atoms with Gasteiger partial charge >= 0.3 is 10.2 Å². The van der Waals surface area contributed by atoms with Crippen LogP contribution in [0.2, 0.25) is 0 Å². The number of nitrogens with zero attached hydrogens (tertiary/aromatic N) is 3. The summed E-state index contributed by atoms with van der Waals surface area (Å²) in [6, 6.07) is 11.8. The third-order valence-electron chi connectivity index (χ3n) is 9.30. The normalized spacial score (nSPS) is 22.7. The molecule has 2 aliphatic heterocycles. The average Bonchev–Trinajstić information content (AvgIpc) is 3.29. The van der Waals surface area contributed by atoms with Gasteiger partial charge in [0.15, 0.2) is 11.5 Å². The number of aromatic nitrogens is 1. The van der Waals surface area contributed by atoms with Crippen LogP contribution in [0.1, 0.15) is 66.8 Å². The Morgan fingerprint density at radius 2 is 1.79 bits per heavy atom. The van der Waals surface area contributed by atoms with Gasteiger partial charge in [-0.2, -0.15) is 12.7 Å². The van der Waals surface area contributed by atoms with Crippen molar-refractivity contribution in [3.05, 3.63) is 47.5 Å². The van der Waals surface area contributed by atoms with Crippen LogP contribution in [0.5, 0.6) is 11.5 Å². The zero-order valence-corrected chi connectivity index (χ0v) is 25.7. The minimum absolute atomic E-state index is 0.229. The van der Waals surface area contributed by atoms with Gasteiger partial charge < -0.3 is 18.9 Å². The molecule has 4 bridgehead atoms. The van der Waals surface area contributed by atoms with E-state index in [9.17, 15) is 13.2 Å². The zero-order valence-electron chi connectivity index (χ0n) is 24.9. The van der Waals surface area contributed by atoms with E-state index in [1.54, 1.807) is 13.2 Å². The first-order valence-electron chi connectivity index (χ1n) is 15.2. The molecule has 1 amide bonds. The number of para-hydroxylation sites is 1. The summed E-state index contributed by atoms with van der Waals surface area (Å²) in [7, 11) is 1.31. The first kappa shape index (κ1) is 29.0. The molecule has 9 nitrogen and oxygen atoms in total. The topological polar surface area (TPSA) is 93.1 Å². The van der Waals surface area contributed by atoms with Crippen LogP contribution in [0.4, 0.5) is 0 Å². The van der Waals surface area contributed by atoms with Crippen molar-refractivity contribution in [3.63, 3.8) is 0 Å². The molecular weight excluding hydrogens is 552 g/mol. The van der Waals surface area contributed by atoms with E-state index in [0.717, 1.165) is 66.8 Å². The second-order valence-corrected chi connectivity index (χ2v) is 13.9. The average molecular weight is 595 g/mol. The lowest BCUT2D eigenvalue weighted by Crippen LogP contribution is -2.42. The maximum atomic E-state index is 13.4. The van der Waals surface area contributed by atoms with Gasteiger partial charge in [-0.25, -0.2) is 4.72 Å². The quantitative estimate of drug-likeness (QED) is 0.449. The van der Waals surface area contributed by atoms with Crippen LogP contribution in [0.25, 0.3) is 22.2 Å². The SMILES string of the molecule is COc1cccc2c1OC[C@@H]1CCN(C)CCCN(C)S(=O)(=O)NC(=O)c3ccc4c(C5CCCCC5)c-2n(c4c3)C1. The van der Waals surface area contributed by atoms with Gasteiger partial charge in [-0.05, 0) is 81.6 Å². The first-order valence-corrected chi connectivity index (χ1v) is 16.6. The standard InChI is InChI=1S/C32H42N4O5S/c1-34-16-8-17-35(2)42(38,39)33-32(37)24-13-14-25-27(19-24)36-20-22(15-18-34)21-41-31-26(11-7-12-28(31)40-3)30(36)29(25)23-9-5-4-6-10-23/h7,11-14,19,22-23H,4-6,8-10,15-18,20-21H2,1-3H3,(H,33,37)/t22-/m1/s1. The number of carbonyl (C=O) groups is 1. The van der Waals surface area contributed by atoms with Crippen LogP contribution in [-0.4, -0.2) is 75.5 Å². The Balaban J connectivity index is 1.59. The van der Waals surface area contributed by atoms with Gasteiger partial charge in [0.05, 0.1) is 19.4 Å². The van der Waals surface area contributed by atoms with Crippen molar-refractivity contribution >= 4 is 27.0 Å². The minimum atomic E-state index is -3.97. The Morgan fingerprint density at radius 1 is 0.976 bits per heavy atom. The number of rotatable bonds is 2. The molecule has 42 heavy (non-hydrogen) atoms. The number of hydrogen-bond acceptors (Lipinski definition) is 6. The Morgan fingerprint density at radius 3 is 2.57 bits per heavy atom. The molecule has 0 spiro atoms. The highest BCUT2D eigenvalue weighted by molar-refractivity contribution is 7.87. The lowest BCUT2D eigenvalue weighted by Gasteiger charge is -2.29. The minimum Gasteiger partial charge on any atom is -0.493 e. The molecule has 3 aromatic rings. The van der Waals surface area contributed by atoms with Gasteiger partial charge in [-0.3, -0.25) is 4.79 Å². The van der Waals surface area contributed by atoms with Crippen LogP contribution < -0.4 is 14.2 Å². The lowest BCUT2D eigenvalue weighted by molar-refractivity contribution is 0.0979.